The number of amides is 2. The van der Waals surface area contributed by atoms with Gasteiger partial charge in [0.25, 0.3) is 11.8 Å². The molecule has 27 heavy (non-hydrogen) atoms. The van der Waals surface area contributed by atoms with E-state index in [2.05, 4.69) is 24.7 Å². The van der Waals surface area contributed by atoms with E-state index in [-0.39, 0.29) is 6.61 Å². The molecular weight excluding hydrogens is 344 g/mol. The number of ether oxygens (including phenoxy) is 2. The molecule has 0 aliphatic heterocycles. The molecule has 144 valence electrons. The van der Waals surface area contributed by atoms with Gasteiger partial charge in [-0.1, -0.05) is 31.5 Å². The number of rotatable bonds is 8. The third-order valence-electron chi connectivity index (χ3n) is 3.79. The maximum atomic E-state index is 12.1. The lowest BCUT2D eigenvalue weighted by molar-refractivity contribution is -0.123. The van der Waals surface area contributed by atoms with Gasteiger partial charge in [0.15, 0.2) is 6.61 Å². The van der Waals surface area contributed by atoms with Crippen molar-refractivity contribution in [2.24, 2.45) is 5.92 Å². The lowest BCUT2D eigenvalue weighted by Crippen LogP contribution is -2.43. The predicted molar refractivity (Wildman–Crippen MR) is 104 cm³/mol. The van der Waals surface area contributed by atoms with Gasteiger partial charge in [-0.25, -0.2) is 0 Å². The van der Waals surface area contributed by atoms with Crippen molar-refractivity contribution < 1.29 is 19.1 Å². The number of hydrogen-bond donors (Lipinski definition) is 2. The summed E-state index contributed by atoms with van der Waals surface area (Å²) >= 11 is 0. The van der Waals surface area contributed by atoms with Crippen molar-refractivity contribution in [1.82, 2.24) is 10.9 Å². The first-order chi connectivity index (χ1) is 12.9. The minimum Gasteiger partial charge on any atom is -0.494 e. The maximum Gasteiger partial charge on any atom is 0.276 e. The van der Waals surface area contributed by atoms with Crippen molar-refractivity contribution in [3.63, 3.8) is 0 Å². The Bertz CT molecular complexity index is 740. The van der Waals surface area contributed by atoms with Gasteiger partial charge < -0.3 is 9.47 Å². The zero-order chi connectivity index (χ0) is 19.6. The third kappa shape index (κ3) is 7.40. The van der Waals surface area contributed by atoms with Crippen molar-refractivity contribution >= 4 is 11.8 Å². The molecule has 2 aromatic carbocycles. The highest BCUT2D eigenvalue weighted by Crippen LogP contribution is 2.13. The van der Waals surface area contributed by atoms with E-state index in [0.29, 0.717) is 29.6 Å². The second-order valence-corrected chi connectivity index (χ2v) is 6.66. The quantitative estimate of drug-likeness (QED) is 0.699. The monoisotopic (exact) mass is 370 g/mol. The summed E-state index contributed by atoms with van der Waals surface area (Å²) in [4.78, 5) is 23.8. The molecule has 0 atom stereocenters. The molecule has 2 amide bonds. The molecule has 0 fully saturated rings. The van der Waals surface area contributed by atoms with Crippen LogP contribution in [-0.2, 0) is 4.79 Å². The molecule has 0 heterocycles. The minimum atomic E-state index is -0.447. The number of hydrogen-bond acceptors (Lipinski definition) is 4. The Labute approximate surface area is 159 Å². The van der Waals surface area contributed by atoms with E-state index >= 15 is 0 Å². The van der Waals surface area contributed by atoms with Gasteiger partial charge in [-0.2, -0.15) is 0 Å². The average molecular weight is 370 g/mol. The molecule has 0 spiro atoms. The van der Waals surface area contributed by atoms with Crippen LogP contribution >= 0.6 is 0 Å². The van der Waals surface area contributed by atoms with Crippen LogP contribution in [0.25, 0.3) is 0 Å². The van der Waals surface area contributed by atoms with Gasteiger partial charge >= 0.3 is 0 Å². The molecule has 0 unspecified atom stereocenters. The van der Waals surface area contributed by atoms with Crippen LogP contribution < -0.4 is 20.3 Å². The summed E-state index contributed by atoms with van der Waals surface area (Å²) in [5, 5.41) is 0. The first-order valence-electron chi connectivity index (χ1n) is 8.95. The average Bonchev–Trinajstić information content (AvgIpc) is 2.66. The highest BCUT2D eigenvalue weighted by atomic mass is 16.5. The van der Waals surface area contributed by atoms with Gasteiger partial charge in [-0.15, -0.1) is 0 Å². The van der Waals surface area contributed by atoms with Gasteiger partial charge in [-0.05, 0) is 55.7 Å². The highest BCUT2D eigenvalue weighted by Gasteiger charge is 2.08. The summed E-state index contributed by atoms with van der Waals surface area (Å²) in [5.74, 6) is 1.02. The molecule has 0 aromatic heterocycles. The molecule has 2 rings (SSSR count). The highest BCUT2D eigenvalue weighted by molar-refractivity contribution is 5.95. The lowest BCUT2D eigenvalue weighted by atomic mass is 10.1. The number of aryl methyl sites for hydroxylation is 1. The maximum absolute atomic E-state index is 12.1. The fraction of sp³-hybridized carbons (Fsp3) is 0.333. The normalized spacial score (nSPS) is 10.4. The molecular formula is C21H26N2O4. The second kappa shape index (κ2) is 10.2. The molecule has 0 bridgehead atoms. The van der Waals surface area contributed by atoms with Gasteiger partial charge in [0.05, 0.1) is 6.61 Å². The molecule has 2 N–H and O–H groups in total. The van der Waals surface area contributed by atoms with Crippen molar-refractivity contribution in [3.05, 3.63) is 59.7 Å². The third-order valence-corrected chi connectivity index (χ3v) is 3.79. The Hall–Kier alpha value is -3.02. The van der Waals surface area contributed by atoms with Crippen LogP contribution in [0.3, 0.4) is 0 Å². The predicted octanol–water partition coefficient (Wildman–Crippen LogP) is 3.26. The minimum absolute atomic E-state index is 0.189. The zero-order valence-corrected chi connectivity index (χ0v) is 16.0. The van der Waals surface area contributed by atoms with E-state index in [1.165, 1.54) is 0 Å². The van der Waals surface area contributed by atoms with E-state index in [1.807, 2.05) is 19.1 Å². The van der Waals surface area contributed by atoms with Crippen molar-refractivity contribution in [1.29, 1.82) is 0 Å². The summed E-state index contributed by atoms with van der Waals surface area (Å²) in [5.41, 5.74) is 6.22. The largest absolute Gasteiger partial charge is 0.494 e. The number of carbonyl (C=O) groups is 2. The van der Waals surface area contributed by atoms with Crippen molar-refractivity contribution in [2.75, 3.05) is 13.2 Å². The SMILES string of the molecule is Cc1ccc(OCC(=O)NNC(=O)c2ccc(OCCC(C)C)cc2)cc1. The van der Waals surface area contributed by atoms with Gasteiger partial charge in [0.2, 0.25) is 0 Å². The Kier molecular flexibility index (Phi) is 7.67. The van der Waals surface area contributed by atoms with Gasteiger partial charge in [0, 0.05) is 5.56 Å². The van der Waals surface area contributed by atoms with E-state index in [9.17, 15) is 9.59 Å². The first-order valence-corrected chi connectivity index (χ1v) is 8.95. The summed E-state index contributed by atoms with van der Waals surface area (Å²) in [7, 11) is 0. The fourth-order valence-electron chi connectivity index (χ4n) is 2.13. The van der Waals surface area contributed by atoms with Crippen LogP contribution in [0.5, 0.6) is 11.5 Å². The fourth-order valence-corrected chi connectivity index (χ4v) is 2.13. The zero-order valence-electron chi connectivity index (χ0n) is 16.0. The Balaban J connectivity index is 1.72. The molecule has 0 aliphatic rings. The smallest absolute Gasteiger partial charge is 0.276 e. The van der Waals surface area contributed by atoms with Crippen LogP contribution in [-0.4, -0.2) is 25.0 Å². The Morgan fingerprint density at radius 2 is 1.48 bits per heavy atom. The Morgan fingerprint density at radius 3 is 2.11 bits per heavy atom. The molecule has 0 saturated carbocycles. The first kappa shape index (κ1) is 20.3. The van der Waals surface area contributed by atoms with Gasteiger partial charge in [-0.3, -0.25) is 20.4 Å². The summed E-state index contributed by atoms with van der Waals surface area (Å²) in [6.07, 6.45) is 0.971. The van der Waals surface area contributed by atoms with E-state index in [1.54, 1.807) is 36.4 Å². The number of nitrogens with one attached hydrogen (secondary N) is 2. The van der Waals surface area contributed by atoms with Crippen LogP contribution in [0.1, 0.15) is 36.2 Å². The summed E-state index contributed by atoms with van der Waals surface area (Å²) < 4.78 is 11.0. The van der Waals surface area contributed by atoms with Crippen LogP contribution in [0.2, 0.25) is 0 Å². The number of hydrazine groups is 1. The van der Waals surface area contributed by atoms with Crippen molar-refractivity contribution in [2.45, 2.75) is 27.2 Å². The van der Waals surface area contributed by atoms with E-state index in [0.717, 1.165) is 12.0 Å². The molecule has 0 aliphatic carbocycles. The molecule has 0 radical (unpaired) electrons. The van der Waals surface area contributed by atoms with Crippen LogP contribution in [0, 0.1) is 12.8 Å². The topological polar surface area (TPSA) is 76.7 Å². The van der Waals surface area contributed by atoms with Crippen LogP contribution in [0.4, 0.5) is 0 Å². The molecule has 6 heteroatoms. The van der Waals surface area contributed by atoms with Crippen molar-refractivity contribution in [3.8, 4) is 11.5 Å². The summed E-state index contributed by atoms with van der Waals surface area (Å²) in [6, 6.07) is 14.1. The van der Waals surface area contributed by atoms with E-state index < -0.39 is 11.8 Å². The standard InChI is InChI=1S/C21H26N2O4/c1-15(2)12-13-26-18-10-6-17(7-11-18)21(25)23-22-20(24)14-27-19-8-4-16(3)5-9-19/h4-11,15H,12-14H2,1-3H3,(H,22,24)(H,23,25). The second-order valence-electron chi connectivity index (χ2n) is 6.66. The number of benzene rings is 2. The molecule has 0 saturated heterocycles. The molecule has 6 nitrogen and oxygen atoms in total. The Morgan fingerprint density at radius 1 is 0.889 bits per heavy atom. The van der Waals surface area contributed by atoms with Gasteiger partial charge in [0.1, 0.15) is 11.5 Å². The summed E-state index contributed by atoms with van der Waals surface area (Å²) in [6.45, 7) is 6.69. The number of carbonyl (C=O) groups excluding carboxylic acids is 2. The lowest BCUT2D eigenvalue weighted by Gasteiger charge is -2.10. The van der Waals surface area contributed by atoms with E-state index in [4.69, 9.17) is 9.47 Å². The molecule has 2 aromatic rings. The van der Waals surface area contributed by atoms with Crippen LogP contribution in [0.15, 0.2) is 48.5 Å².